The Bertz CT molecular complexity index is 799. The van der Waals surface area contributed by atoms with Gasteiger partial charge in [-0.1, -0.05) is 36.2 Å². The molecule has 0 unspecified atom stereocenters. The van der Waals surface area contributed by atoms with Crippen LogP contribution in [0.1, 0.15) is 35.3 Å². The molecule has 1 aromatic carbocycles. The minimum atomic E-state index is -0.0494. The number of H-pyrrole nitrogens is 1. The summed E-state index contributed by atoms with van der Waals surface area (Å²) >= 11 is 0. The van der Waals surface area contributed by atoms with Gasteiger partial charge in [0.25, 0.3) is 5.91 Å². The predicted molar refractivity (Wildman–Crippen MR) is 98.6 cm³/mol. The zero-order valence-corrected chi connectivity index (χ0v) is 15.1. The van der Waals surface area contributed by atoms with Crippen molar-refractivity contribution in [3.63, 3.8) is 0 Å². The first kappa shape index (κ1) is 16.8. The molecule has 136 valence electrons. The Kier molecular flexibility index (Phi) is 4.49. The van der Waals surface area contributed by atoms with Crippen LogP contribution in [0.5, 0.6) is 0 Å². The number of rotatable bonds is 3. The van der Waals surface area contributed by atoms with Gasteiger partial charge in [0, 0.05) is 37.7 Å². The second-order valence-electron chi connectivity index (χ2n) is 7.28. The van der Waals surface area contributed by atoms with Gasteiger partial charge in [-0.25, -0.2) is 0 Å². The maximum Gasteiger partial charge on any atom is 0.272 e. The van der Waals surface area contributed by atoms with Crippen LogP contribution < -0.4 is 0 Å². The van der Waals surface area contributed by atoms with Crippen LogP contribution in [0, 0.1) is 12.8 Å². The highest BCUT2D eigenvalue weighted by molar-refractivity contribution is 5.93. The number of piperazine rings is 1. The maximum absolute atomic E-state index is 12.7. The monoisotopic (exact) mass is 352 g/mol. The normalized spacial score (nSPS) is 17.9. The molecule has 4 rings (SSSR count). The molecule has 0 radical (unpaired) electrons. The van der Waals surface area contributed by atoms with Gasteiger partial charge in [-0.2, -0.15) is 5.10 Å². The minimum Gasteiger partial charge on any atom is -0.339 e. The number of aromatic amines is 1. The SMILES string of the molecule is Cc1ccc(-c2cc(C(=O)N3CCN(C(=O)C4CCC4)CC3)[nH]n2)cc1. The third kappa shape index (κ3) is 3.23. The van der Waals surface area contributed by atoms with Crippen LogP contribution in [0.2, 0.25) is 0 Å². The molecule has 1 saturated heterocycles. The van der Waals surface area contributed by atoms with E-state index in [-0.39, 0.29) is 17.7 Å². The average molecular weight is 352 g/mol. The third-order valence-electron chi connectivity index (χ3n) is 5.49. The van der Waals surface area contributed by atoms with Gasteiger partial charge in [0.2, 0.25) is 5.91 Å². The lowest BCUT2D eigenvalue weighted by Gasteiger charge is -2.38. The van der Waals surface area contributed by atoms with Crippen molar-refractivity contribution >= 4 is 11.8 Å². The lowest BCUT2D eigenvalue weighted by Crippen LogP contribution is -2.52. The van der Waals surface area contributed by atoms with E-state index < -0.39 is 0 Å². The number of hydrogen-bond donors (Lipinski definition) is 1. The van der Waals surface area contributed by atoms with Crippen molar-refractivity contribution in [3.8, 4) is 11.3 Å². The number of aromatic nitrogens is 2. The van der Waals surface area contributed by atoms with Crippen molar-refractivity contribution in [2.24, 2.45) is 5.92 Å². The standard InChI is InChI=1S/C20H24N4O2/c1-14-5-7-15(8-6-14)17-13-18(22-21-17)20(26)24-11-9-23(10-12-24)19(25)16-3-2-4-16/h5-8,13,16H,2-4,9-12H2,1H3,(H,21,22). The summed E-state index contributed by atoms with van der Waals surface area (Å²) < 4.78 is 0. The summed E-state index contributed by atoms with van der Waals surface area (Å²) in [4.78, 5) is 28.8. The van der Waals surface area contributed by atoms with Crippen molar-refractivity contribution in [1.82, 2.24) is 20.0 Å². The molecule has 6 nitrogen and oxygen atoms in total. The van der Waals surface area contributed by atoms with Gasteiger partial charge >= 0.3 is 0 Å². The van der Waals surface area contributed by atoms with Crippen LogP contribution in [0.25, 0.3) is 11.3 Å². The molecule has 2 aliphatic rings. The van der Waals surface area contributed by atoms with Crippen LogP contribution in [0.15, 0.2) is 30.3 Å². The lowest BCUT2D eigenvalue weighted by molar-refractivity contribution is -0.139. The van der Waals surface area contributed by atoms with E-state index >= 15 is 0 Å². The van der Waals surface area contributed by atoms with E-state index in [1.165, 1.54) is 5.56 Å². The molecule has 1 N–H and O–H groups in total. The topological polar surface area (TPSA) is 69.3 Å². The largest absolute Gasteiger partial charge is 0.339 e. The highest BCUT2D eigenvalue weighted by atomic mass is 16.2. The van der Waals surface area contributed by atoms with E-state index in [0.717, 1.165) is 30.5 Å². The smallest absolute Gasteiger partial charge is 0.272 e. The maximum atomic E-state index is 12.7. The molecule has 1 aliphatic heterocycles. The Morgan fingerprint density at radius 1 is 1.04 bits per heavy atom. The van der Waals surface area contributed by atoms with E-state index in [9.17, 15) is 9.59 Å². The highest BCUT2D eigenvalue weighted by Crippen LogP contribution is 2.28. The summed E-state index contributed by atoms with van der Waals surface area (Å²) in [5.41, 5.74) is 3.45. The fourth-order valence-electron chi connectivity index (χ4n) is 3.52. The number of carbonyl (C=O) groups is 2. The van der Waals surface area contributed by atoms with Gasteiger partial charge in [-0.15, -0.1) is 0 Å². The molecule has 2 heterocycles. The van der Waals surface area contributed by atoms with E-state index in [4.69, 9.17) is 0 Å². The summed E-state index contributed by atoms with van der Waals surface area (Å²) in [6, 6.07) is 9.88. The third-order valence-corrected chi connectivity index (χ3v) is 5.49. The number of carbonyl (C=O) groups excluding carboxylic acids is 2. The van der Waals surface area contributed by atoms with Crippen LogP contribution in [-0.2, 0) is 4.79 Å². The fourth-order valence-corrected chi connectivity index (χ4v) is 3.52. The molecule has 0 bridgehead atoms. The van der Waals surface area contributed by atoms with Crippen LogP contribution in [-0.4, -0.2) is 58.0 Å². The predicted octanol–water partition coefficient (Wildman–Crippen LogP) is 2.47. The van der Waals surface area contributed by atoms with Crippen molar-refractivity contribution < 1.29 is 9.59 Å². The first-order valence-corrected chi connectivity index (χ1v) is 9.32. The van der Waals surface area contributed by atoms with E-state index in [2.05, 4.69) is 10.2 Å². The highest BCUT2D eigenvalue weighted by Gasteiger charge is 2.32. The van der Waals surface area contributed by atoms with Crippen LogP contribution in [0.4, 0.5) is 0 Å². The molecule has 1 aliphatic carbocycles. The first-order chi connectivity index (χ1) is 12.6. The molecule has 1 aromatic heterocycles. The lowest BCUT2D eigenvalue weighted by atomic mass is 9.84. The first-order valence-electron chi connectivity index (χ1n) is 9.32. The van der Waals surface area contributed by atoms with E-state index in [1.807, 2.05) is 36.1 Å². The molecule has 2 fully saturated rings. The molecule has 6 heteroatoms. The Labute approximate surface area is 153 Å². The van der Waals surface area contributed by atoms with Crippen LogP contribution in [0.3, 0.4) is 0 Å². The second kappa shape index (κ2) is 6.94. The van der Waals surface area contributed by atoms with Crippen molar-refractivity contribution in [3.05, 3.63) is 41.6 Å². The molecule has 2 amide bonds. The van der Waals surface area contributed by atoms with Gasteiger partial charge in [-0.3, -0.25) is 14.7 Å². The summed E-state index contributed by atoms with van der Waals surface area (Å²) in [5.74, 6) is 0.445. The van der Waals surface area contributed by atoms with E-state index in [0.29, 0.717) is 31.9 Å². The minimum absolute atomic E-state index is 0.0494. The molecule has 2 aromatic rings. The summed E-state index contributed by atoms with van der Waals surface area (Å²) in [6.45, 7) is 4.45. The number of hydrogen-bond acceptors (Lipinski definition) is 3. The summed E-state index contributed by atoms with van der Waals surface area (Å²) in [7, 11) is 0. The molecule has 0 spiro atoms. The number of aryl methyl sites for hydroxylation is 1. The van der Waals surface area contributed by atoms with Crippen LogP contribution >= 0.6 is 0 Å². The fraction of sp³-hybridized carbons (Fsp3) is 0.450. The summed E-state index contributed by atoms with van der Waals surface area (Å²) in [6.07, 6.45) is 3.21. The van der Waals surface area contributed by atoms with Crippen molar-refractivity contribution in [2.75, 3.05) is 26.2 Å². The van der Waals surface area contributed by atoms with E-state index in [1.54, 1.807) is 11.0 Å². The molecule has 1 saturated carbocycles. The molecule has 26 heavy (non-hydrogen) atoms. The molecule has 0 atom stereocenters. The zero-order chi connectivity index (χ0) is 18.1. The molecular weight excluding hydrogens is 328 g/mol. The Hall–Kier alpha value is -2.63. The molecular formula is C20H24N4O2. The number of nitrogens with one attached hydrogen (secondary N) is 1. The van der Waals surface area contributed by atoms with Crippen molar-refractivity contribution in [1.29, 1.82) is 0 Å². The van der Waals surface area contributed by atoms with Crippen molar-refractivity contribution in [2.45, 2.75) is 26.2 Å². The quantitative estimate of drug-likeness (QED) is 0.923. The van der Waals surface area contributed by atoms with Gasteiger partial charge in [-0.05, 0) is 25.8 Å². The Balaban J connectivity index is 1.38. The van der Waals surface area contributed by atoms with Gasteiger partial charge in [0.1, 0.15) is 5.69 Å². The second-order valence-corrected chi connectivity index (χ2v) is 7.28. The van der Waals surface area contributed by atoms with Gasteiger partial charge in [0.15, 0.2) is 0 Å². The average Bonchev–Trinajstić information content (AvgIpc) is 3.10. The zero-order valence-electron chi connectivity index (χ0n) is 15.1. The Morgan fingerprint density at radius 2 is 1.69 bits per heavy atom. The number of benzene rings is 1. The number of nitrogens with zero attached hydrogens (tertiary/aromatic N) is 3. The van der Waals surface area contributed by atoms with Gasteiger partial charge < -0.3 is 9.80 Å². The Morgan fingerprint density at radius 3 is 2.31 bits per heavy atom. The summed E-state index contributed by atoms with van der Waals surface area (Å²) in [5, 5.41) is 7.14. The number of amides is 2. The van der Waals surface area contributed by atoms with Gasteiger partial charge in [0.05, 0.1) is 5.69 Å².